The number of carbonyl (C=O) groups is 2. The average Bonchev–Trinajstić information content (AvgIpc) is 3.52. The largest absolute Gasteiger partial charge is 0.416 e. The fraction of sp³-hybridized carbons (Fsp3) is 0.370. The van der Waals surface area contributed by atoms with Crippen molar-refractivity contribution in [2.45, 2.75) is 58.0 Å². The van der Waals surface area contributed by atoms with E-state index in [2.05, 4.69) is 10.2 Å². The van der Waals surface area contributed by atoms with E-state index >= 15 is 0 Å². The summed E-state index contributed by atoms with van der Waals surface area (Å²) in [5.74, 6) is -1.20. The van der Waals surface area contributed by atoms with Gasteiger partial charge in [-0.2, -0.15) is 18.3 Å². The highest BCUT2D eigenvalue weighted by Gasteiger charge is 2.42. The Balaban J connectivity index is 1.45. The van der Waals surface area contributed by atoms with Gasteiger partial charge in [0.05, 0.1) is 23.9 Å². The predicted octanol–water partition coefficient (Wildman–Crippen LogP) is 4.28. The first-order chi connectivity index (χ1) is 17.5. The van der Waals surface area contributed by atoms with E-state index in [1.807, 2.05) is 19.2 Å². The molecule has 1 fully saturated rings. The smallest absolute Gasteiger partial charge is 0.391 e. The topological polar surface area (TPSA) is 89.5 Å². The van der Waals surface area contributed by atoms with E-state index in [0.717, 1.165) is 22.9 Å². The summed E-state index contributed by atoms with van der Waals surface area (Å²) in [5, 5.41) is 16.9. The molecule has 7 nitrogen and oxygen atoms in total. The molecule has 0 bridgehead atoms. The highest BCUT2D eigenvalue weighted by molar-refractivity contribution is 6.11. The summed E-state index contributed by atoms with van der Waals surface area (Å²) in [7, 11) is 0. The molecule has 2 N–H and O–H groups in total. The number of nitrogens with one attached hydrogen (secondary N) is 1. The Morgan fingerprint density at radius 1 is 1.22 bits per heavy atom. The van der Waals surface area contributed by atoms with Crippen LogP contribution in [0, 0.1) is 6.92 Å². The number of aromatic amines is 1. The van der Waals surface area contributed by atoms with Crippen molar-refractivity contribution in [1.82, 2.24) is 15.1 Å². The summed E-state index contributed by atoms with van der Waals surface area (Å²) in [6.07, 6.45) is -1.96. The lowest BCUT2D eigenvalue weighted by Gasteiger charge is -2.22. The second-order valence-corrected chi connectivity index (χ2v) is 9.82. The van der Waals surface area contributed by atoms with Crippen LogP contribution in [-0.4, -0.2) is 50.7 Å². The van der Waals surface area contributed by atoms with Crippen molar-refractivity contribution < 1.29 is 27.9 Å². The molecule has 2 unspecified atom stereocenters. The third-order valence-corrected chi connectivity index (χ3v) is 7.22. The number of H-pyrrole nitrogens is 1. The van der Waals surface area contributed by atoms with Gasteiger partial charge in [-0.1, -0.05) is 12.1 Å². The third kappa shape index (κ3) is 4.73. The fourth-order valence-corrected chi connectivity index (χ4v) is 5.22. The van der Waals surface area contributed by atoms with Gasteiger partial charge in [0.25, 0.3) is 11.8 Å². The van der Waals surface area contributed by atoms with Crippen molar-refractivity contribution in [3.8, 4) is 0 Å². The molecule has 0 spiro atoms. The summed E-state index contributed by atoms with van der Waals surface area (Å²) in [4.78, 5) is 29.1. The lowest BCUT2D eigenvalue weighted by molar-refractivity contribution is -0.138. The van der Waals surface area contributed by atoms with Gasteiger partial charge in [-0.15, -0.1) is 0 Å². The van der Waals surface area contributed by atoms with E-state index in [1.54, 1.807) is 25.1 Å². The molecular formula is C27H27F3N4O3. The van der Waals surface area contributed by atoms with Crippen LogP contribution in [0.25, 0.3) is 0 Å². The molecule has 2 aliphatic rings. The van der Waals surface area contributed by atoms with Gasteiger partial charge in [0.15, 0.2) is 0 Å². The Bertz CT molecular complexity index is 1370. The van der Waals surface area contributed by atoms with Gasteiger partial charge in [-0.3, -0.25) is 14.7 Å². The predicted molar refractivity (Wildman–Crippen MR) is 130 cm³/mol. The van der Waals surface area contributed by atoms with Crippen LogP contribution in [0.4, 0.5) is 18.9 Å². The number of benzene rings is 2. The minimum Gasteiger partial charge on any atom is -0.391 e. The Hall–Kier alpha value is -3.66. The van der Waals surface area contributed by atoms with Crippen LogP contribution < -0.4 is 4.90 Å². The van der Waals surface area contributed by atoms with Gasteiger partial charge in [-0.05, 0) is 74.1 Å². The summed E-state index contributed by atoms with van der Waals surface area (Å²) in [6.45, 7) is 3.50. The zero-order chi connectivity index (χ0) is 26.5. The van der Waals surface area contributed by atoms with Crippen molar-refractivity contribution in [2.24, 2.45) is 0 Å². The SMILES string of the molecule is Cc1c[nH]nc1CCc1cccc(N2Cc3c(cc(C(=O)N4CC(O)CC4C)cc3C(F)(F)F)C2=O)c1. The first-order valence-corrected chi connectivity index (χ1v) is 12.2. The zero-order valence-electron chi connectivity index (χ0n) is 20.5. The number of aromatic nitrogens is 2. The number of halogens is 3. The molecule has 3 aromatic rings. The molecule has 3 heterocycles. The first-order valence-electron chi connectivity index (χ1n) is 12.2. The molecule has 0 radical (unpaired) electrons. The number of anilines is 1. The van der Waals surface area contributed by atoms with Crippen LogP contribution in [0.3, 0.4) is 0 Å². The number of aliphatic hydroxyl groups excluding tert-OH is 1. The van der Waals surface area contributed by atoms with Crippen molar-refractivity contribution in [1.29, 1.82) is 0 Å². The Morgan fingerprint density at radius 3 is 2.65 bits per heavy atom. The second-order valence-electron chi connectivity index (χ2n) is 9.82. The van der Waals surface area contributed by atoms with Crippen molar-refractivity contribution in [3.63, 3.8) is 0 Å². The van der Waals surface area contributed by atoms with Gasteiger partial charge in [0.2, 0.25) is 0 Å². The van der Waals surface area contributed by atoms with Crippen molar-refractivity contribution in [3.05, 3.63) is 81.7 Å². The van der Waals surface area contributed by atoms with E-state index < -0.39 is 29.7 Å². The number of fused-ring (bicyclic) bond motifs is 1. The Morgan fingerprint density at radius 2 is 2.00 bits per heavy atom. The summed E-state index contributed by atoms with van der Waals surface area (Å²) >= 11 is 0. The van der Waals surface area contributed by atoms with Crippen LogP contribution in [-0.2, 0) is 25.6 Å². The molecule has 1 saturated heterocycles. The molecule has 37 heavy (non-hydrogen) atoms. The lowest BCUT2D eigenvalue weighted by atomic mass is 9.98. The van der Waals surface area contributed by atoms with Gasteiger partial charge >= 0.3 is 6.18 Å². The standard InChI is InChI=1S/C27H27F3N4O3/c1-15-12-31-32-24(15)7-6-17-4-3-5-19(9-17)34-14-22-21(26(34)37)10-18(11-23(22)27(28,29)30)25(36)33-13-20(35)8-16(33)2/h3-5,9-12,16,20,35H,6-8,13-14H2,1-2H3,(H,31,32). The number of aliphatic hydroxyl groups is 1. The number of hydrogen-bond donors (Lipinski definition) is 2. The monoisotopic (exact) mass is 512 g/mol. The molecule has 10 heteroatoms. The average molecular weight is 513 g/mol. The molecule has 0 saturated carbocycles. The van der Waals surface area contributed by atoms with Crippen LogP contribution in [0.15, 0.2) is 42.6 Å². The van der Waals surface area contributed by atoms with Crippen LogP contribution in [0.1, 0.15) is 62.0 Å². The number of likely N-dealkylation sites (tertiary alicyclic amines) is 1. The normalized spacial score (nSPS) is 19.6. The molecule has 194 valence electrons. The molecule has 2 amide bonds. The van der Waals surface area contributed by atoms with Crippen molar-refractivity contribution >= 4 is 17.5 Å². The van der Waals surface area contributed by atoms with Gasteiger partial charge in [0, 0.05) is 35.6 Å². The molecule has 2 aromatic carbocycles. The minimum atomic E-state index is -4.74. The van der Waals surface area contributed by atoms with Crippen molar-refractivity contribution in [2.75, 3.05) is 11.4 Å². The zero-order valence-corrected chi connectivity index (χ0v) is 20.5. The van der Waals surface area contributed by atoms with Crippen LogP contribution >= 0.6 is 0 Å². The number of amides is 2. The highest BCUT2D eigenvalue weighted by Crippen LogP contribution is 2.40. The molecule has 0 aliphatic carbocycles. The molecule has 5 rings (SSSR count). The number of hydrogen-bond acceptors (Lipinski definition) is 4. The Kier molecular flexibility index (Phi) is 6.31. The summed E-state index contributed by atoms with van der Waals surface area (Å²) in [6, 6.07) is 8.96. The molecule has 2 aliphatic heterocycles. The third-order valence-electron chi connectivity index (χ3n) is 7.22. The number of β-amino-alcohol motifs (C(OH)–C–C–N with tert-alkyl or cyclic N) is 1. The lowest BCUT2D eigenvalue weighted by Crippen LogP contribution is -2.34. The van der Waals surface area contributed by atoms with Gasteiger partial charge < -0.3 is 14.9 Å². The maximum absolute atomic E-state index is 14.1. The van der Waals surface area contributed by atoms with Crippen LogP contribution in [0.2, 0.25) is 0 Å². The number of carbonyl (C=O) groups excluding carboxylic acids is 2. The second kappa shape index (κ2) is 9.33. The fourth-order valence-electron chi connectivity index (χ4n) is 5.22. The van der Waals surface area contributed by atoms with E-state index in [9.17, 15) is 27.9 Å². The minimum absolute atomic E-state index is 0.0447. The Labute approximate surface area is 211 Å². The number of alkyl halides is 3. The summed E-state index contributed by atoms with van der Waals surface area (Å²) < 4.78 is 42.3. The van der Waals surface area contributed by atoms with E-state index in [4.69, 9.17) is 0 Å². The summed E-state index contributed by atoms with van der Waals surface area (Å²) in [5.41, 5.74) is 1.95. The van der Waals surface area contributed by atoms with E-state index in [0.29, 0.717) is 24.9 Å². The number of rotatable bonds is 5. The van der Waals surface area contributed by atoms with Gasteiger partial charge in [0.1, 0.15) is 0 Å². The van der Waals surface area contributed by atoms with E-state index in [1.165, 1.54) is 15.9 Å². The molecular weight excluding hydrogens is 485 g/mol. The first kappa shape index (κ1) is 25.0. The number of nitrogens with zero attached hydrogens (tertiary/aromatic N) is 3. The molecule has 1 aromatic heterocycles. The van der Waals surface area contributed by atoms with E-state index in [-0.39, 0.29) is 35.8 Å². The molecule has 2 atom stereocenters. The maximum Gasteiger partial charge on any atom is 0.416 e. The van der Waals surface area contributed by atoms with Crippen LogP contribution in [0.5, 0.6) is 0 Å². The highest BCUT2D eigenvalue weighted by atomic mass is 19.4. The number of aryl methyl sites for hydroxylation is 3. The van der Waals surface area contributed by atoms with Gasteiger partial charge in [-0.25, -0.2) is 0 Å². The maximum atomic E-state index is 14.1. The quantitative estimate of drug-likeness (QED) is 0.534.